The van der Waals surface area contributed by atoms with Crippen molar-refractivity contribution < 1.29 is 9.47 Å². The lowest BCUT2D eigenvalue weighted by molar-refractivity contribution is 0.258. The number of aliphatic imine (C=N–C) groups is 1. The Morgan fingerprint density at radius 2 is 1.86 bits per heavy atom. The molecule has 4 rings (SSSR count). The molecule has 2 aliphatic rings. The second-order valence-corrected chi connectivity index (χ2v) is 8.52. The maximum atomic E-state index is 5.48. The van der Waals surface area contributed by atoms with E-state index in [0.717, 1.165) is 63.1 Å². The van der Waals surface area contributed by atoms with Crippen molar-refractivity contribution in [2.24, 2.45) is 4.99 Å². The number of nitrogens with zero attached hydrogens (tertiary/aromatic N) is 3. The van der Waals surface area contributed by atoms with E-state index in [0.29, 0.717) is 0 Å². The lowest BCUT2D eigenvalue weighted by Crippen LogP contribution is -2.46. The molecule has 29 heavy (non-hydrogen) atoms. The van der Waals surface area contributed by atoms with Crippen molar-refractivity contribution >= 4 is 17.3 Å². The molecule has 0 fully saturated rings. The maximum absolute atomic E-state index is 5.48. The van der Waals surface area contributed by atoms with Crippen LogP contribution in [0, 0.1) is 0 Å². The van der Waals surface area contributed by atoms with Crippen molar-refractivity contribution in [1.29, 1.82) is 0 Å². The maximum Gasteiger partial charge on any atom is 0.194 e. The third-order valence-electron chi connectivity index (χ3n) is 5.83. The molecule has 0 bridgehead atoms. The smallest absolute Gasteiger partial charge is 0.194 e. The quantitative estimate of drug-likeness (QED) is 0.602. The number of guanidine groups is 1. The number of fused-ring (bicyclic) bond motifs is 2. The van der Waals surface area contributed by atoms with Crippen LogP contribution < -0.4 is 14.8 Å². The first kappa shape index (κ1) is 20.0. The van der Waals surface area contributed by atoms with Crippen LogP contribution in [0.5, 0.6) is 11.5 Å². The lowest BCUT2D eigenvalue weighted by Gasteiger charge is -2.33. The van der Waals surface area contributed by atoms with Crippen LogP contribution in [0.15, 0.2) is 28.6 Å². The number of hydrogen-bond acceptors (Lipinski definition) is 5. The summed E-state index contributed by atoms with van der Waals surface area (Å²) in [7, 11) is 5.24. The highest BCUT2D eigenvalue weighted by molar-refractivity contribution is 7.10. The molecule has 0 saturated carbocycles. The molecule has 0 radical (unpaired) electrons. The van der Waals surface area contributed by atoms with E-state index >= 15 is 0 Å². The van der Waals surface area contributed by atoms with Gasteiger partial charge in [0.2, 0.25) is 0 Å². The Kier molecular flexibility index (Phi) is 6.25. The fraction of sp³-hybridized carbons (Fsp3) is 0.500. The van der Waals surface area contributed by atoms with Crippen LogP contribution in [-0.4, -0.2) is 63.2 Å². The van der Waals surface area contributed by atoms with Gasteiger partial charge in [-0.15, -0.1) is 11.3 Å². The van der Waals surface area contributed by atoms with Crippen molar-refractivity contribution in [3.8, 4) is 11.5 Å². The highest BCUT2D eigenvalue weighted by Gasteiger charge is 2.22. The minimum atomic E-state index is 0.786. The Hall–Kier alpha value is -2.25. The summed E-state index contributed by atoms with van der Waals surface area (Å²) in [4.78, 5) is 10.9. The first-order chi connectivity index (χ1) is 14.2. The molecular formula is C22H30N4O2S. The van der Waals surface area contributed by atoms with Crippen LogP contribution in [0.25, 0.3) is 0 Å². The second-order valence-electron chi connectivity index (χ2n) is 7.52. The van der Waals surface area contributed by atoms with Gasteiger partial charge in [0.25, 0.3) is 0 Å². The van der Waals surface area contributed by atoms with Crippen molar-refractivity contribution in [1.82, 2.24) is 15.1 Å². The Morgan fingerprint density at radius 1 is 1.07 bits per heavy atom. The summed E-state index contributed by atoms with van der Waals surface area (Å²) >= 11 is 1.89. The second kappa shape index (κ2) is 9.05. The van der Waals surface area contributed by atoms with Gasteiger partial charge in [0.15, 0.2) is 17.5 Å². The van der Waals surface area contributed by atoms with Gasteiger partial charge < -0.3 is 19.7 Å². The van der Waals surface area contributed by atoms with Gasteiger partial charge in [-0.25, -0.2) is 0 Å². The summed E-state index contributed by atoms with van der Waals surface area (Å²) in [6, 6.07) is 6.48. The van der Waals surface area contributed by atoms with Gasteiger partial charge in [-0.2, -0.15) is 0 Å². The normalized spacial score (nSPS) is 16.9. The summed E-state index contributed by atoms with van der Waals surface area (Å²) in [6.45, 7) is 5.93. The molecule has 156 valence electrons. The SMILES string of the molecule is CN=C(NCCN1CCc2sccc2C1)N1CCc2cc(OC)c(OC)cc2C1. The number of rotatable bonds is 5. The van der Waals surface area contributed by atoms with Gasteiger partial charge in [0.05, 0.1) is 14.2 Å². The van der Waals surface area contributed by atoms with Crippen LogP contribution in [-0.2, 0) is 25.9 Å². The van der Waals surface area contributed by atoms with E-state index in [-0.39, 0.29) is 0 Å². The van der Waals surface area contributed by atoms with Crippen LogP contribution >= 0.6 is 11.3 Å². The van der Waals surface area contributed by atoms with Crippen LogP contribution in [0.3, 0.4) is 0 Å². The minimum absolute atomic E-state index is 0.786. The standard InChI is InChI=1S/C22H30N4O2S/c1-23-22(24-7-10-25-8-5-21-17(14-25)6-11-29-21)26-9-4-16-12-19(27-2)20(28-3)13-18(16)15-26/h6,11-13H,4-5,7-10,14-15H2,1-3H3,(H,23,24). The van der Waals surface area contributed by atoms with Crippen molar-refractivity contribution in [3.05, 3.63) is 45.1 Å². The van der Waals surface area contributed by atoms with Crippen LogP contribution in [0.1, 0.15) is 21.6 Å². The number of hydrogen-bond donors (Lipinski definition) is 1. The van der Waals surface area contributed by atoms with Crippen molar-refractivity contribution in [2.75, 3.05) is 47.4 Å². The molecule has 0 spiro atoms. The number of benzene rings is 1. The number of methoxy groups -OCH3 is 2. The summed E-state index contributed by atoms with van der Waals surface area (Å²) in [5.41, 5.74) is 4.11. The number of nitrogens with one attached hydrogen (secondary N) is 1. The molecular weight excluding hydrogens is 384 g/mol. The van der Waals surface area contributed by atoms with E-state index in [2.05, 4.69) is 43.7 Å². The van der Waals surface area contributed by atoms with Gasteiger partial charge in [-0.05, 0) is 53.1 Å². The summed E-state index contributed by atoms with van der Waals surface area (Å²) in [6.07, 6.45) is 2.15. The zero-order valence-electron chi connectivity index (χ0n) is 17.5. The molecule has 0 saturated heterocycles. The number of ether oxygens (including phenoxy) is 2. The third-order valence-corrected chi connectivity index (χ3v) is 6.85. The van der Waals surface area contributed by atoms with Crippen LogP contribution in [0.4, 0.5) is 0 Å². The molecule has 0 aliphatic carbocycles. The zero-order chi connectivity index (χ0) is 20.2. The lowest BCUT2D eigenvalue weighted by atomic mass is 9.99. The first-order valence-electron chi connectivity index (χ1n) is 10.2. The Labute approximate surface area is 177 Å². The van der Waals surface area contributed by atoms with E-state index in [1.54, 1.807) is 19.1 Å². The number of thiophene rings is 1. The molecule has 0 atom stereocenters. The van der Waals surface area contributed by atoms with Crippen molar-refractivity contribution in [2.45, 2.75) is 25.9 Å². The van der Waals surface area contributed by atoms with E-state index in [1.807, 2.05) is 18.4 Å². The molecule has 2 aromatic rings. The predicted octanol–water partition coefficient (Wildman–Crippen LogP) is 2.76. The van der Waals surface area contributed by atoms with Gasteiger partial charge in [0.1, 0.15) is 0 Å². The monoisotopic (exact) mass is 414 g/mol. The van der Waals surface area contributed by atoms with Gasteiger partial charge in [0, 0.05) is 51.2 Å². The molecule has 2 aliphatic heterocycles. The third kappa shape index (κ3) is 4.36. The topological polar surface area (TPSA) is 49.3 Å². The Bertz CT molecular complexity index is 880. The average Bonchev–Trinajstić information content (AvgIpc) is 3.23. The summed E-state index contributed by atoms with van der Waals surface area (Å²) in [5.74, 6) is 2.56. The predicted molar refractivity (Wildman–Crippen MR) is 118 cm³/mol. The fourth-order valence-corrected chi connectivity index (χ4v) is 5.11. The van der Waals surface area contributed by atoms with Crippen molar-refractivity contribution in [3.63, 3.8) is 0 Å². The highest BCUT2D eigenvalue weighted by Crippen LogP contribution is 2.33. The first-order valence-corrected chi connectivity index (χ1v) is 11.1. The minimum Gasteiger partial charge on any atom is -0.493 e. The molecule has 1 aromatic heterocycles. The largest absolute Gasteiger partial charge is 0.493 e. The molecule has 0 amide bonds. The summed E-state index contributed by atoms with van der Waals surface area (Å²) in [5, 5.41) is 5.78. The van der Waals surface area contributed by atoms with Gasteiger partial charge in [-0.3, -0.25) is 9.89 Å². The van der Waals surface area contributed by atoms with Crippen LogP contribution in [0.2, 0.25) is 0 Å². The molecule has 0 unspecified atom stereocenters. The zero-order valence-corrected chi connectivity index (χ0v) is 18.3. The Balaban J connectivity index is 1.33. The van der Waals surface area contributed by atoms with Gasteiger partial charge >= 0.3 is 0 Å². The molecule has 7 heteroatoms. The average molecular weight is 415 g/mol. The molecule has 3 heterocycles. The van der Waals surface area contributed by atoms with E-state index in [1.165, 1.54) is 23.1 Å². The van der Waals surface area contributed by atoms with E-state index in [4.69, 9.17) is 9.47 Å². The van der Waals surface area contributed by atoms with E-state index < -0.39 is 0 Å². The van der Waals surface area contributed by atoms with E-state index in [9.17, 15) is 0 Å². The molecule has 1 N–H and O–H groups in total. The Morgan fingerprint density at radius 3 is 2.62 bits per heavy atom. The fourth-order valence-electron chi connectivity index (χ4n) is 4.22. The van der Waals surface area contributed by atoms with Gasteiger partial charge in [-0.1, -0.05) is 0 Å². The molecule has 1 aromatic carbocycles. The molecule has 6 nitrogen and oxygen atoms in total. The highest BCUT2D eigenvalue weighted by atomic mass is 32.1. The summed E-state index contributed by atoms with van der Waals surface area (Å²) < 4.78 is 10.9.